The Morgan fingerprint density at radius 3 is 2.72 bits per heavy atom. The molecule has 1 N–H and O–H groups in total. The van der Waals surface area contributed by atoms with E-state index in [9.17, 15) is 18.4 Å². The third kappa shape index (κ3) is 5.27. The number of pyridine rings is 1. The maximum atomic E-state index is 13.6. The molecule has 32 heavy (non-hydrogen) atoms. The maximum absolute atomic E-state index is 13.6. The standard InChI is InChI=1S/C23H22F2N4O3/c1-15(16-3-5-19(32-2)6-4-16)9-17-12-27-8-7-20(17)22(31)28-13-21(30)29-14-23(24,25)10-18(29)11-26/h3-9,12,18H,10,13-14H2,1-2H3,(H,28,31)/b15-9+/t18-/m0/s1. The van der Waals surface area contributed by atoms with Crippen molar-refractivity contribution in [3.8, 4) is 11.8 Å². The number of nitriles is 1. The fourth-order valence-corrected chi connectivity index (χ4v) is 3.45. The number of allylic oxidation sites excluding steroid dienone is 1. The van der Waals surface area contributed by atoms with E-state index in [0.29, 0.717) is 5.56 Å². The number of carbonyl (C=O) groups excluding carboxylic acids is 2. The highest BCUT2D eigenvalue weighted by molar-refractivity contribution is 6.00. The summed E-state index contributed by atoms with van der Waals surface area (Å²) in [4.78, 5) is 29.9. The van der Waals surface area contributed by atoms with Gasteiger partial charge in [-0.25, -0.2) is 8.78 Å². The highest BCUT2D eigenvalue weighted by atomic mass is 19.3. The number of methoxy groups -OCH3 is 1. The van der Waals surface area contributed by atoms with Gasteiger partial charge in [-0.15, -0.1) is 0 Å². The number of amides is 2. The van der Waals surface area contributed by atoms with Crippen LogP contribution in [0.3, 0.4) is 0 Å². The van der Waals surface area contributed by atoms with E-state index in [0.717, 1.165) is 21.8 Å². The summed E-state index contributed by atoms with van der Waals surface area (Å²) >= 11 is 0. The zero-order valence-electron chi connectivity index (χ0n) is 17.6. The smallest absolute Gasteiger partial charge is 0.268 e. The summed E-state index contributed by atoms with van der Waals surface area (Å²) in [7, 11) is 1.58. The van der Waals surface area contributed by atoms with Crippen LogP contribution in [0.4, 0.5) is 8.78 Å². The second-order valence-electron chi connectivity index (χ2n) is 7.43. The number of nitrogens with one attached hydrogen (secondary N) is 1. The zero-order chi connectivity index (χ0) is 23.3. The fraction of sp³-hybridized carbons (Fsp3) is 0.304. The third-order valence-electron chi connectivity index (χ3n) is 5.15. The lowest BCUT2D eigenvalue weighted by Gasteiger charge is -2.19. The van der Waals surface area contributed by atoms with Crippen molar-refractivity contribution in [2.45, 2.75) is 25.3 Å². The predicted molar refractivity (Wildman–Crippen MR) is 114 cm³/mol. The summed E-state index contributed by atoms with van der Waals surface area (Å²) < 4.78 is 32.3. The fourth-order valence-electron chi connectivity index (χ4n) is 3.45. The Bertz CT molecular complexity index is 1080. The highest BCUT2D eigenvalue weighted by Crippen LogP contribution is 2.31. The molecule has 1 aromatic heterocycles. The number of carbonyl (C=O) groups is 2. The van der Waals surface area contributed by atoms with Crippen LogP contribution in [0.5, 0.6) is 5.75 Å². The van der Waals surface area contributed by atoms with E-state index < -0.39 is 43.3 Å². The Labute approximate surface area is 184 Å². The first kappa shape index (κ1) is 22.9. The molecule has 1 fully saturated rings. The van der Waals surface area contributed by atoms with E-state index in [1.807, 2.05) is 31.2 Å². The Balaban J connectivity index is 1.71. The number of rotatable bonds is 6. The molecular formula is C23H22F2N4O3. The molecule has 1 aliphatic rings. The second-order valence-corrected chi connectivity index (χ2v) is 7.43. The molecule has 2 heterocycles. The summed E-state index contributed by atoms with van der Waals surface area (Å²) in [5.74, 6) is -3.67. The van der Waals surface area contributed by atoms with Crippen LogP contribution in [0, 0.1) is 11.3 Å². The molecule has 0 unspecified atom stereocenters. The summed E-state index contributed by atoms with van der Waals surface area (Å²) in [6.45, 7) is 0.565. The Hall–Kier alpha value is -3.80. The summed E-state index contributed by atoms with van der Waals surface area (Å²) in [6.07, 6.45) is 4.06. The van der Waals surface area contributed by atoms with Gasteiger partial charge in [0.05, 0.1) is 26.3 Å². The van der Waals surface area contributed by atoms with Crippen LogP contribution in [0.2, 0.25) is 0 Å². The topological polar surface area (TPSA) is 95.3 Å². The van der Waals surface area contributed by atoms with Crippen molar-refractivity contribution in [1.29, 1.82) is 5.26 Å². The minimum atomic E-state index is -3.11. The van der Waals surface area contributed by atoms with Crippen molar-refractivity contribution in [2.75, 3.05) is 20.2 Å². The maximum Gasteiger partial charge on any atom is 0.268 e. The van der Waals surface area contributed by atoms with Crippen molar-refractivity contribution >= 4 is 23.5 Å². The third-order valence-corrected chi connectivity index (χ3v) is 5.15. The van der Waals surface area contributed by atoms with Gasteiger partial charge < -0.3 is 15.0 Å². The van der Waals surface area contributed by atoms with Crippen molar-refractivity contribution in [3.05, 3.63) is 59.4 Å². The van der Waals surface area contributed by atoms with E-state index in [1.54, 1.807) is 19.3 Å². The largest absolute Gasteiger partial charge is 0.497 e. The molecule has 1 aromatic carbocycles. The molecule has 7 nitrogen and oxygen atoms in total. The molecule has 0 radical (unpaired) electrons. The number of alkyl halides is 2. The Morgan fingerprint density at radius 2 is 2.06 bits per heavy atom. The molecule has 1 aliphatic heterocycles. The average Bonchev–Trinajstić information content (AvgIpc) is 3.12. The average molecular weight is 440 g/mol. The van der Waals surface area contributed by atoms with Gasteiger partial charge in [0.1, 0.15) is 11.8 Å². The van der Waals surface area contributed by atoms with Crippen LogP contribution in [0.1, 0.15) is 34.8 Å². The van der Waals surface area contributed by atoms with Gasteiger partial charge in [-0.2, -0.15) is 5.26 Å². The van der Waals surface area contributed by atoms with Gasteiger partial charge in [-0.3, -0.25) is 14.6 Å². The van der Waals surface area contributed by atoms with Gasteiger partial charge in [-0.05, 0) is 42.3 Å². The number of nitrogens with zero attached hydrogens (tertiary/aromatic N) is 3. The second kappa shape index (κ2) is 9.56. The minimum absolute atomic E-state index is 0.282. The lowest BCUT2D eigenvalue weighted by atomic mass is 10.0. The van der Waals surface area contributed by atoms with Crippen molar-refractivity contribution < 1.29 is 23.1 Å². The lowest BCUT2D eigenvalue weighted by Crippen LogP contribution is -2.43. The van der Waals surface area contributed by atoms with Gasteiger partial charge in [0, 0.05) is 29.9 Å². The van der Waals surface area contributed by atoms with Crippen LogP contribution >= 0.6 is 0 Å². The lowest BCUT2D eigenvalue weighted by molar-refractivity contribution is -0.131. The molecule has 2 amide bonds. The first-order valence-electron chi connectivity index (χ1n) is 9.86. The molecule has 9 heteroatoms. The Kier molecular flexibility index (Phi) is 6.83. The number of benzene rings is 1. The normalized spacial score (nSPS) is 17.5. The number of likely N-dealkylation sites (tertiary alicyclic amines) is 1. The van der Waals surface area contributed by atoms with Crippen LogP contribution in [-0.4, -0.2) is 53.9 Å². The van der Waals surface area contributed by atoms with E-state index in [1.165, 1.54) is 18.5 Å². The number of aromatic nitrogens is 1. The predicted octanol–water partition coefficient (Wildman–Crippen LogP) is 3.14. The highest BCUT2D eigenvalue weighted by Gasteiger charge is 2.47. The van der Waals surface area contributed by atoms with Gasteiger partial charge in [0.15, 0.2) is 0 Å². The molecule has 1 saturated heterocycles. The molecule has 2 aromatic rings. The number of halogens is 2. The SMILES string of the molecule is COc1ccc(/C(C)=C/c2cnccc2C(=O)NCC(=O)N2CC(F)(F)C[C@H]2C#N)cc1. The molecule has 0 spiro atoms. The van der Waals surface area contributed by atoms with Crippen molar-refractivity contribution in [3.63, 3.8) is 0 Å². The van der Waals surface area contributed by atoms with Crippen LogP contribution in [0.15, 0.2) is 42.7 Å². The number of hydrogen-bond donors (Lipinski definition) is 1. The Morgan fingerprint density at radius 1 is 1.34 bits per heavy atom. The van der Waals surface area contributed by atoms with Gasteiger partial charge in [-0.1, -0.05) is 12.1 Å². The van der Waals surface area contributed by atoms with Gasteiger partial charge >= 0.3 is 0 Å². The van der Waals surface area contributed by atoms with Crippen molar-refractivity contribution in [2.24, 2.45) is 0 Å². The van der Waals surface area contributed by atoms with E-state index in [2.05, 4.69) is 10.3 Å². The summed E-state index contributed by atoms with van der Waals surface area (Å²) in [6, 6.07) is 9.43. The molecule has 0 saturated carbocycles. The van der Waals surface area contributed by atoms with Crippen LogP contribution in [-0.2, 0) is 4.79 Å². The number of ether oxygens (including phenoxy) is 1. The molecule has 0 aliphatic carbocycles. The molecule has 0 bridgehead atoms. The molecule has 166 valence electrons. The monoisotopic (exact) mass is 440 g/mol. The van der Waals surface area contributed by atoms with E-state index in [4.69, 9.17) is 10.00 Å². The first-order valence-corrected chi connectivity index (χ1v) is 9.86. The molecule has 3 rings (SSSR count). The van der Waals surface area contributed by atoms with E-state index >= 15 is 0 Å². The van der Waals surface area contributed by atoms with E-state index in [-0.39, 0.29) is 5.56 Å². The number of hydrogen-bond acceptors (Lipinski definition) is 5. The van der Waals surface area contributed by atoms with Gasteiger partial charge in [0.25, 0.3) is 11.8 Å². The first-order chi connectivity index (χ1) is 15.2. The quantitative estimate of drug-likeness (QED) is 0.745. The molecular weight excluding hydrogens is 418 g/mol. The van der Waals surface area contributed by atoms with Gasteiger partial charge in [0.2, 0.25) is 5.91 Å². The van der Waals surface area contributed by atoms with Crippen LogP contribution in [0.25, 0.3) is 11.6 Å². The summed E-state index contributed by atoms with van der Waals surface area (Å²) in [5, 5.41) is 11.5. The minimum Gasteiger partial charge on any atom is -0.497 e. The van der Waals surface area contributed by atoms with Crippen LogP contribution < -0.4 is 10.1 Å². The zero-order valence-corrected chi connectivity index (χ0v) is 17.6. The summed E-state index contributed by atoms with van der Waals surface area (Å²) in [5.41, 5.74) is 2.62. The molecule has 1 atom stereocenters. The van der Waals surface area contributed by atoms with Crippen molar-refractivity contribution in [1.82, 2.24) is 15.2 Å².